The molecule has 0 radical (unpaired) electrons. The second kappa shape index (κ2) is 5.64. The molecule has 0 saturated heterocycles. The summed E-state index contributed by atoms with van der Waals surface area (Å²) < 4.78 is 7.52. The van der Waals surface area contributed by atoms with Gasteiger partial charge in [0.15, 0.2) is 11.6 Å². The Morgan fingerprint density at radius 2 is 2.28 bits per heavy atom. The highest BCUT2D eigenvalue weighted by Gasteiger charge is 2.11. The van der Waals surface area contributed by atoms with Crippen molar-refractivity contribution in [1.82, 2.24) is 9.55 Å². The van der Waals surface area contributed by atoms with Crippen molar-refractivity contribution >= 4 is 17.2 Å². The van der Waals surface area contributed by atoms with Gasteiger partial charge in [-0.05, 0) is 30.7 Å². The second-order valence-corrected chi connectivity index (χ2v) is 4.24. The van der Waals surface area contributed by atoms with Crippen LogP contribution in [0.2, 0.25) is 0 Å². The van der Waals surface area contributed by atoms with Gasteiger partial charge in [-0.2, -0.15) is 0 Å². The number of nitrogens with two attached hydrogens (primary N) is 1. The molecule has 94 valence electrons. The molecule has 0 saturated carbocycles. The van der Waals surface area contributed by atoms with Crippen LogP contribution in [0.25, 0.3) is 5.82 Å². The van der Waals surface area contributed by atoms with Gasteiger partial charge in [-0.1, -0.05) is 19.1 Å². The molecule has 0 spiro atoms. The normalized spacial score (nSPS) is 10.3. The third-order valence-electron chi connectivity index (χ3n) is 2.44. The molecule has 0 aromatic carbocycles. The molecule has 0 bridgehead atoms. The summed E-state index contributed by atoms with van der Waals surface area (Å²) in [5.41, 5.74) is 6.44. The molecule has 0 fully saturated rings. The molecular formula is C13H15N3OS. The smallest absolute Gasteiger partial charge is 0.180 e. The zero-order valence-corrected chi connectivity index (χ0v) is 11.0. The maximum absolute atomic E-state index is 5.69. The van der Waals surface area contributed by atoms with Crippen LogP contribution in [0.15, 0.2) is 36.7 Å². The zero-order chi connectivity index (χ0) is 13.0. The van der Waals surface area contributed by atoms with Crippen molar-refractivity contribution in [3.63, 3.8) is 0 Å². The molecule has 2 rings (SSSR count). The van der Waals surface area contributed by atoms with Crippen LogP contribution in [0.4, 0.5) is 0 Å². The second-order valence-electron chi connectivity index (χ2n) is 3.80. The van der Waals surface area contributed by atoms with Crippen molar-refractivity contribution in [2.45, 2.75) is 13.3 Å². The largest absolute Gasteiger partial charge is 0.490 e. The van der Waals surface area contributed by atoms with E-state index in [1.165, 1.54) is 0 Å². The lowest BCUT2D eigenvalue weighted by Crippen LogP contribution is -2.15. The average molecular weight is 261 g/mol. The van der Waals surface area contributed by atoms with E-state index in [9.17, 15) is 0 Å². The van der Waals surface area contributed by atoms with Crippen molar-refractivity contribution in [2.75, 3.05) is 6.61 Å². The first-order chi connectivity index (χ1) is 8.74. The fraction of sp³-hybridized carbons (Fsp3) is 0.231. The fourth-order valence-corrected chi connectivity index (χ4v) is 1.82. The van der Waals surface area contributed by atoms with E-state index in [4.69, 9.17) is 22.7 Å². The van der Waals surface area contributed by atoms with E-state index in [0.717, 1.165) is 17.9 Å². The van der Waals surface area contributed by atoms with E-state index in [1.54, 1.807) is 6.20 Å². The fourth-order valence-electron chi connectivity index (χ4n) is 1.65. The summed E-state index contributed by atoms with van der Waals surface area (Å²) in [6, 6.07) is 7.48. The summed E-state index contributed by atoms with van der Waals surface area (Å²) in [6.07, 6.45) is 4.54. The van der Waals surface area contributed by atoms with Crippen LogP contribution in [0.3, 0.4) is 0 Å². The maximum atomic E-state index is 5.69. The van der Waals surface area contributed by atoms with Crippen LogP contribution in [0.1, 0.15) is 19.0 Å². The topological polar surface area (TPSA) is 53.1 Å². The van der Waals surface area contributed by atoms with Gasteiger partial charge in [-0.25, -0.2) is 4.98 Å². The van der Waals surface area contributed by atoms with Gasteiger partial charge in [-0.15, -0.1) is 0 Å². The Bertz CT molecular complexity index is 551. The quantitative estimate of drug-likeness (QED) is 0.839. The van der Waals surface area contributed by atoms with Crippen molar-refractivity contribution < 1.29 is 4.74 Å². The first-order valence-electron chi connectivity index (χ1n) is 5.79. The molecule has 0 aliphatic carbocycles. The van der Waals surface area contributed by atoms with E-state index in [1.807, 2.05) is 35.0 Å². The van der Waals surface area contributed by atoms with Gasteiger partial charge < -0.3 is 10.5 Å². The first-order valence-corrected chi connectivity index (χ1v) is 6.20. The highest BCUT2D eigenvalue weighted by molar-refractivity contribution is 7.80. The summed E-state index contributed by atoms with van der Waals surface area (Å²) >= 11 is 5.02. The minimum Gasteiger partial charge on any atom is -0.490 e. The minimum atomic E-state index is 0.340. The van der Waals surface area contributed by atoms with Crippen LogP contribution in [0, 0.1) is 0 Å². The van der Waals surface area contributed by atoms with Gasteiger partial charge in [0.2, 0.25) is 0 Å². The maximum Gasteiger partial charge on any atom is 0.180 e. The lowest BCUT2D eigenvalue weighted by atomic mass is 10.4. The molecule has 5 heteroatoms. The highest BCUT2D eigenvalue weighted by atomic mass is 32.1. The number of pyridine rings is 1. The molecular weight excluding hydrogens is 246 g/mol. The number of hydrogen-bond donors (Lipinski definition) is 1. The molecule has 0 amide bonds. The molecule has 0 unspecified atom stereocenters. The molecule has 0 atom stereocenters. The number of nitrogens with zero attached hydrogens (tertiary/aromatic N) is 2. The van der Waals surface area contributed by atoms with Gasteiger partial charge in [0.1, 0.15) is 4.99 Å². The van der Waals surface area contributed by atoms with Crippen LogP contribution in [0.5, 0.6) is 5.75 Å². The first kappa shape index (κ1) is 12.6. The molecule has 4 nitrogen and oxygen atoms in total. The summed E-state index contributed by atoms with van der Waals surface area (Å²) in [5, 5.41) is 0. The van der Waals surface area contributed by atoms with Crippen molar-refractivity contribution in [2.24, 2.45) is 5.73 Å². The number of aromatic nitrogens is 2. The minimum absolute atomic E-state index is 0.340. The number of thiocarbonyl (C=S) groups is 1. The Balaban J connectivity index is 2.43. The molecule has 2 aromatic rings. The Kier molecular flexibility index (Phi) is 3.94. The van der Waals surface area contributed by atoms with Crippen molar-refractivity contribution in [3.05, 3.63) is 42.4 Å². The summed E-state index contributed by atoms with van der Waals surface area (Å²) in [6.45, 7) is 2.72. The van der Waals surface area contributed by atoms with Crippen molar-refractivity contribution in [3.8, 4) is 11.6 Å². The highest BCUT2D eigenvalue weighted by Crippen LogP contribution is 2.22. The Hall–Kier alpha value is -1.88. The Labute approximate surface area is 111 Å². The lowest BCUT2D eigenvalue weighted by Gasteiger charge is -2.12. The Morgan fingerprint density at radius 1 is 1.44 bits per heavy atom. The molecule has 2 heterocycles. The SMILES string of the molecule is CCCOc1cccnc1-n1cccc1C(N)=S. The molecule has 2 aromatic heterocycles. The summed E-state index contributed by atoms with van der Waals surface area (Å²) in [5.74, 6) is 1.44. The van der Waals surface area contributed by atoms with E-state index < -0.39 is 0 Å². The number of ether oxygens (including phenoxy) is 1. The van der Waals surface area contributed by atoms with Gasteiger partial charge >= 0.3 is 0 Å². The third-order valence-corrected chi connectivity index (χ3v) is 2.65. The van der Waals surface area contributed by atoms with Crippen LogP contribution in [-0.2, 0) is 0 Å². The standard InChI is InChI=1S/C13H15N3OS/c1-2-9-17-11-6-3-7-15-13(11)16-8-4-5-10(16)12(14)18/h3-8H,2,9H2,1H3,(H2,14,18). The molecule has 18 heavy (non-hydrogen) atoms. The molecule has 0 aliphatic heterocycles. The number of hydrogen-bond acceptors (Lipinski definition) is 3. The van der Waals surface area contributed by atoms with Crippen LogP contribution < -0.4 is 10.5 Å². The predicted octanol–water partition coefficient (Wildman–Crippen LogP) is 2.30. The molecule has 0 aliphatic rings. The van der Waals surface area contributed by atoms with Crippen LogP contribution in [-0.4, -0.2) is 21.1 Å². The number of rotatable bonds is 5. The van der Waals surface area contributed by atoms with E-state index in [-0.39, 0.29) is 0 Å². The molecule has 2 N–H and O–H groups in total. The van der Waals surface area contributed by atoms with E-state index >= 15 is 0 Å². The Morgan fingerprint density at radius 3 is 3.00 bits per heavy atom. The van der Waals surface area contributed by atoms with Gasteiger partial charge in [0.05, 0.1) is 12.3 Å². The average Bonchev–Trinajstić information content (AvgIpc) is 2.86. The third kappa shape index (κ3) is 2.51. The van der Waals surface area contributed by atoms with Crippen molar-refractivity contribution in [1.29, 1.82) is 0 Å². The summed E-state index contributed by atoms with van der Waals surface area (Å²) in [7, 11) is 0. The monoisotopic (exact) mass is 261 g/mol. The van der Waals surface area contributed by atoms with Gasteiger partial charge in [0, 0.05) is 12.4 Å². The van der Waals surface area contributed by atoms with Crippen LogP contribution >= 0.6 is 12.2 Å². The predicted molar refractivity (Wildman–Crippen MR) is 75.2 cm³/mol. The van der Waals surface area contributed by atoms with E-state index in [0.29, 0.717) is 17.4 Å². The van der Waals surface area contributed by atoms with Gasteiger partial charge in [-0.3, -0.25) is 4.57 Å². The van der Waals surface area contributed by atoms with Gasteiger partial charge in [0.25, 0.3) is 0 Å². The van der Waals surface area contributed by atoms with E-state index in [2.05, 4.69) is 11.9 Å². The lowest BCUT2D eigenvalue weighted by molar-refractivity contribution is 0.315. The zero-order valence-electron chi connectivity index (χ0n) is 10.2. The summed E-state index contributed by atoms with van der Waals surface area (Å²) in [4.78, 5) is 4.68.